The molecular weight excluding hydrogens is 437 g/mol. The van der Waals surface area contributed by atoms with E-state index < -0.39 is 5.82 Å². The number of aryl methyl sites for hydroxylation is 1. The molecule has 0 aliphatic carbocycles. The molecule has 5 rings (SSSR count). The number of anilines is 2. The Morgan fingerprint density at radius 1 is 1.15 bits per heavy atom. The molecule has 2 aromatic heterocycles. The van der Waals surface area contributed by atoms with E-state index in [0.717, 1.165) is 55.5 Å². The first-order valence-corrected chi connectivity index (χ1v) is 11.2. The molecule has 0 radical (unpaired) electrons. The highest BCUT2D eigenvalue weighted by Gasteiger charge is 2.13. The zero-order valence-electron chi connectivity index (χ0n) is 18.9. The maximum Gasteiger partial charge on any atom is 0.230 e. The van der Waals surface area contributed by atoms with Gasteiger partial charge in [0.1, 0.15) is 12.4 Å². The number of benzene rings is 2. The van der Waals surface area contributed by atoms with E-state index in [4.69, 9.17) is 14.2 Å². The van der Waals surface area contributed by atoms with Crippen LogP contribution in [0.3, 0.4) is 0 Å². The zero-order valence-corrected chi connectivity index (χ0v) is 18.9. The molecule has 1 saturated heterocycles. The van der Waals surface area contributed by atoms with Gasteiger partial charge < -0.3 is 24.5 Å². The highest BCUT2D eigenvalue weighted by atomic mass is 19.1. The Bertz CT molecular complexity index is 1270. The van der Waals surface area contributed by atoms with E-state index in [9.17, 15) is 4.39 Å². The first-order chi connectivity index (χ1) is 16.6. The van der Waals surface area contributed by atoms with Crippen molar-refractivity contribution in [3.8, 4) is 17.4 Å². The summed E-state index contributed by atoms with van der Waals surface area (Å²) in [5.74, 6) is 0.995. The number of nitrogens with zero attached hydrogens (tertiary/aromatic N) is 3. The number of aromatic nitrogens is 3. The lowest BCUT2D eigenvalue weighted by molar-refractivity contribution is 0.0322. The van der Waals surface area contributed by atoms with E-state index in [1.165, 1.54) is 0 Å². The number of morpholine rings is 1. The molecule has 3 heterocycles. The van der Waals surface area contributed by atoms with Crippen LogP contribution >= 0.6 is 0 Å². The van der Waals surface area contributed by atoms with Crippen LogP contribution < -0.4 is 14.8 Å². The fraction of sp³-hybridized carbons (Fsp3) is 0.280. The first-order valence-electron chi connectivity index (χ1n) is 11.2. The van der Waals surface area contributed by atoms with Crippen molar-refractivity contribution in [3.05, 3.63) is 66.2 Å². The molecule has 0 spiro atoms. The average molecular weight is 464 g/mol. The summed E-state index contributed by atoms with van der Waals surface area (Å²) in [5.41, 5.74) is 2.38. The number of hydrogen-bond donors (Lipinski definition) is 2. The molecule has 1 aliphatic rings. The van der Waals surface area contributed by atoms with Gasteiger partial charge in [-0.3, -0.25) is 4.90 Å². The number of hydrogen-bond acceptors (Lipinski definition) is 7. The van der Waals surface area contributed by atoms with Gasteiger partial charge in [0.25, 0.3) is 0 Å². The Kier molecular flexibility index (Phi) is 6.55. The molecule has 2 N–H and O–H groups in total. The highest BCUT2D eigenvalue weighted by Crippen LogP contribution is 2.30. The molecule has 8 nitrogen and oxygen atoms in total. The lowest BCUT2D eigenvalue weighted by atomic mass is 10.2. The molecule has 0 saturated carbocycles. The standard InChI is InChI=1S/C25H26FN5O3/c1-17-15-20-21(28-17)5-6-22(24(20)26)34-23-7-8-27-25(30-23)29-18-3-2-4-19(16-18)33-14-11-31-9-12-32-13-10-31/h2-8,15-16,28H,9-14H2,1H3,(H,27,29,30). The molecule has 176 valence electrons. The van der Waals surface area contributed by atoms with Crippen LogP contribution in [-0.2, 0) is 4.74 Å². The van der Waals surface area contributed by atoms with Crippen molar-refractivity contribution < 1.29 is 18.6 Å². The smallest absolute Gasteiger partial charge is 0.230 e. The fourth-order valence-corrected chi connectivity index (χ4v) is 3.85. The van der Waals surface area contributed by atoms with E-state index in [1.807, 2.05) is 31.2 Å². The molecule has 9 heteroatoms. The van der Waals surface area contributed by atoms with Crippen molar-refractivity contribution in [3.63, 3.8) is 0 Å². The Hall–Kier alpha value is -3.69. The number of aromatic amines is 1. The minimum Gasteiger partial charge on any atom is -0.492 e. The van der Waals surface area contributed by atoms with Crippen LogP contribution in [0.2, 0.25) is 0 Å². The Morgan fingerprint density at radius 2 is 2.03 bits per heavy atom. The van der Waals surface area contributed by atoms with Crippen molar-refractivity contribution in [2.75, 3.05) is 44.8 Å². The predicted molar refractivity (Wildman–Crippen MR) is 128 cm³/mol. The van der Waals surface area contributed by atoms with Crippen molar-refractivity contribution >= 4 is 22.5 Å². The van der Waals surface area contributed by atoms with Crippen LogP contribution in [0.15, 0.2) is 54.7 Å². The molecule has 0 bridgehead atoms. The lowest BCUT2D eigenvalue weighted by Crippen LogP contribution is -2.38. The summed E-state index contributed by atoms with van der Waals surface area (Å²) in [5, 5.41) is 3.63. The van der Waals surface area contributed by atoms with Gasteiger partial charge >= 0.3 is 0 Å². The maximum atomic E-state index is 14.9. The van der Waals surface area contributed by atoms with Gasteiger partial charge in [-0.1, -0.05) is 6.07 Å². The summed E-state index contributed by atoms with van der Waals surface area (Å²) in [4.78, 5) is 14.0. The SMILES string of the molecule is Cc1cc2c(F)c(Oc3ccnc(Nc4cccc(OCCN5CCOCC5)c4)n3)ccc2[nH]1. The number of rotatable bonds is 8. The number of nitrogens with one attached hydrogen (secondary N) is 2. The third-order valence-corrected chi connectivity index (χ3v) is 5.55. The Balaban J connectivity index is 1.22. The second-order valence-corrected chi connectivity index (χ2v) is 8.07. The molecule has 0 unspecified atom stereocenters. The lowest BCUT2D eigenvalue weighted by Gasteiger charge is -2.26. The van der Waals surface area contributed by atoms with E-state index in [0.29, 0.717) is 17.9 Å². The van der Waals surface area contributed by atoms with Gasteiger partial charge in [0.05, 0.1) is 13.2 Å². The third kappa shape index (κ3) is 5.27. The zero-order chi connectivity index (χ0) is 23.3. The minimum atomic E-state index is -0.433. The molecule has 1 aliphatic heterocycles. The van der Waals surface area contributed by atoms with Crippen LogP contribution in [0, 0.1) is 12.7 Å². The van der Waals surface area contributed by atoms with E-state index in [1.54, 1.807) is 30.5 Å². The molecular formula is C25H26FN5O3. The highest BCUT2D eigenvalue weighted by molar-refractivity contribution is 5.82. The van der Waals surface area contributed by atoms with Crippen LogP contribution in [0.1, 0.15) is 5.69 Å². The monoisotopic (exact) mass is 463 g/mol. The summed E-state index contributed by atoms with van der Waals surface area (Å²) in [6.45, 7) is 6.75. The molecule has 0 amide bonds. The molecule has 0 atom stereocenters. The van der Waals surface area contributed by atoms with E-state index in [2.05, 4.69) is 25.2 Å². The normalized spacial score (nSPS) is 14.3. The summed E-state index contributed by atoms with van der Waals surface area (Å²) in [6.07, 6.45) is 1.56. The van der Waals surface area contributed by atoms with Crippen molar-refractivity contribution in [1.29, 1.82) is 0 Å². The number of fused-ring (bicyclic) bond motifs is 1. The predicted octanol–water partition coefficient (Wildman–Crippen LogP) is 4.65. The topological polar surface area (TPSA) is 84.5 Å². The average Bonchev–Trinajstić information content (AvgIpc) is 3.23. The van der Waals surface area contributed by atoms with Gasteiger partial charge in [-0.25, -0.2) is 9.37 Å². The fourth-order valence-electron chi connectivity index (χ4n) is 3.85. The molecule has 1 fully saturated rings. The van der Waals surface area contributed by atoms with Crippen molar-refractivity contribution in [2.45, 2.75) is 6.92 Å². The van der Waals surface area contributed by atoms with Crippen LogP contribution in [0.4, 0.5) is 16.0 Å². The second-order valence-electron chi connectivity index (χ2n) is 8.07. The van der Waals surface area contributed by atoms with Crippen LogP contribution in [-0.4, -0.2) is 59.3 Å². The van der Waals surface area contributed by atoms with Gasteiger partial charge in [-0.2, -0.15) is 4.98 Å². The van der Waals surface area contributed by atoms with Crippen molar-refractivity contribution in [2.24, 2.45) is 0 Å². The number of ether oxygens (including phenoxy) is 3. The third-order valence-electron chi connectivity index (χ3n) is 5.55. The van der Waals surface area contributed by atoms with Crippen LogP contribution in [0.5, 0.6) is 17.4 Å². The van der Waals surface area contributed by atoms with E-state index >= 15 is 0 Å². The molecule has 2 aromatic carbocycles. The van der Waals surface area contributed by atoms with Gasteiger partial charge in [0, 0.05) is 60.2 Å². The van der Waals surface area contributed by atoms with Gasteiger partial charge in [0.15, 0.2) is 11.6 Å². The van der Waals surface area contributed by atoms with Crippen LogP contribution in [0.25, 0.3) is 10.9 Å². The maximum absolute atomic E-state index is 14.9. The van der Waals surface area contributed by atoms with Crippen molar-refractivity contribution in [1.82, 2.24) is 19.9 Å². The van der Waals surface area contributed by atoms with E-state index in [-0.39, 0.29) is 11.6 Å². The first kappa shape index (κ1) is 22.1. The summed E-state index contributed by atoms with van der Waals surface area (Å²) in [6, 6.07) is 14.3. The Labute approximate surface area is 196 Å². The summed E-state index contributed by atoms with van der Waals surface area (Å²) < 4.78 is 31.9. The van der Waals surface area contributed by atoms with Gasteiger partial charge in [0.2, 0.25) is 11.8 Å². The molecule has 34 heavy (non-hydrogen) atoms. The summed E-state index contributed by atoms with van der Waals surface area (Å²) in [7, 11) is 0. The van der Waals surface area contributed by atoms with Gasteiger partial charge in [-0.05, 0) is 37.3 Å². The summed E-state index contributed by atoms with van der Waals surface area (Å²) >= 11 is 0. The second kappa shape index (κ2) is 10.1. The largest absolute Gasteiger partial charge is 0.492 e. The number of halogens is 1. The Morgan fingerprint density at radius 3 is 2.91 bits per heavy atom. The number of H-pyrrole nitrogens is 1. The quantitative estimate of drug-likeness (QED) is 0.393. The van der Waals surface area contributed by atoms with Gasteiger partial charge in [-0.15, -0.1) is 0 Å². The molecule has 4 aromatic rings. The minimum absolute atomic E-state index is 0.104.